The van der Waals surface area contributed by atoms with Gasteiger partial charge in [-0.2, -0.15) is 5.26 Å². The predicted octanol–water partition coefficient (Wildman–Crippen LogP) is 2.57. The number of hydrogen-bond acceptors (Lipinski definition) is 4. The third-order valence-corrected chi connectivity index (χ3v) is 3.19. The Morgan fingerprint density at radius 1 is 1.25 bits per heavy atom. The lowest BCUT2D eigenvalue weighted by Gasteiger charge is -2.01. The number of fused-ring (bicyclic) bond motifs is 1. The Labute approximate surface area is 116 Å². The SMILES string of the molecule is Cn1cc(-c2cnc(NCC#N)nc2)c2ccccc21. The predicted molar refractivity (Wildman–Crippen MR) is 78.0 cm³/mol. The Morgan fingerprint density at radius 3 is 2.75 bits per heavy atom. The van der Waals surface area contributed by atoms with E-state index in [9.17, 15) is 0 Å². The Bertz CT molecular complexity index is 780. The Kier molecular flexibility index (Phi) is 3.05. The fourth-order valence-electron chi connectivity index (χ4n) is 2.25. The molecule has 5 nitrogen and oxygen atoms in total. The molecule has 2 heterocycles. The van der Waals surface area contributed by atoms with Crippen molar-refractivity contribution in [2.45, 2.75) is 0 Å². The molecule has 0 saturated carbocycles. The molecule has 0 aliphatic heterocycles. The van der Waals surface area contributed by atoms with E-state index in [1.807, 2.05) is 25.2 Å². The maximum atomic E-state index is 8.51. The second-order valence-electron chi connectivity index (χ2n) is 4.48. The van der Waals surface area contributed by atoms with Gasteiger partial charge in [0.2, 0.25) is 5.95 Å². The number of nitriles is 1. The van der Waals surface area contributed by atoms with E-state index in [2.05, 4.69) is 38.2 Å². The van der Waals surface area contributed by atoms with Gasteiger partial charge in [-0.05, 0) is 6.07 Å². The van der Waals surface area contributed by atoms with Gasteiger partial charge in [-0.3, -0.25) is 0 Å². The molecule has 3 aromatic rings. The van der Waals surface area contributed by atoms with Gasteiger partial charge in [-0.1, -0.05) is 18.2 Å². The van der Waals surface area contributed by atoms with Crippen LogP contribution in [-0.2, 0) is 7.05 Å². The van der Waals surface area contributed by atoms with Gasteiger partial charge in [-0.25, -0.2) is 9.97 Å². The number of rotatable bonds is 3. The van der Waals surface area contributed by atoms with Crippen molar-refractivity contribution in [2.75, 3.05) is 11.9 Å². The lowest BCUT2D eigenvalue weighted by Crippen LogP contribution is -2.02. The molecule has 0 fully saturated rings. The van der Waals surface area contributed by atoms with Crippen LogP contribution in [0.1, 0.15) is 0 Å². The maximum Gasteiger partial charge on any atom is 0.223 e. The van der Waals surface area contributed by atoms with Crippen LogP contribution in [0.5, 0.6) is 0 Å². The summed E-state index contributed by atoms with van der Waals surface area (Å²) in [5.41, 5.74) is 3.24. The molecule has 0 aliphatic carbocycles. The first-order valence-electron chi connectivity index (χ1n) is 6.27. The third kappa shape index (κ3) is 2.08. The van der Waals surface area contributed by atoms with Crippen molar-refractivity contribution in [2.24, 2.45) is 7.05 Å². The van der Waals surface area contributed by atoms with Crippen molar-refractivity contribution in [3.05, 3.63) is 42.9 Å². The Morgan fingerprint density at radius 2 is 2.00 bits per heavy atom. The van der Waals surface area contributed by atoms with Crippen LogP contribution in [0.2, 0.25) is 0 Å². The van der Waals surface area contributed by atoms with Crippen LogP contribution in [0.25, 0.3) is 22.0 Å². The van der Waals surface area contributed by atoms with Crippen LogP contribution < -0.4 is 5.32 Å². The quantitative estimate of drug-likeness (QED) is 0.737. The van der Waals surface area contributed by atoms with E-state index in [0.29, 0.717) is 5.95 Å². The van der Waals surface area contributed by atoms with E-state index in [-0.39, 0.29) is 6.54 Å². The number of para-hydroxylation sites is 1. The fraction of sp³-hybridized carbons (Fsp3) is 0.133. The van der Waals surface area contributed by atoms with Gasteiger partial charge in [0.25, 0.3) is 0 Å². The highest BCUT2D eigenvalue weighted by Crippen LogP contribution is 2.29. The van der Waals surface area contributed by atoms with Crippen LogP contribution >= 0.6 is 0 Å². The number of aryl methyl sites for hydroxylation is 1. The van der Waals surface area contributed by atoms with Crippen molar-refractivity contribution in [1.82, 2.24) is 14.5 Å². The van der Waals surface area contributed by atoms with E-state index in [1.54, 1.807) is 12.4 Å². The molecule has 0 radical (unpaired) electrons. The van der Waals surface area contributed by atoms with Gasteiger partial charge in [0.05, 0.1) is 6.07 Å². The van der Waals surface area contributed by atoms with Crippen LogP contribution in [-0.4, -0.2) is 21.1 Å². The molecule has 0 unspecified atom stereocenters. The number of anilines is 1. The standard InChI is InChI=1S/C15H13N5/c1-20-10-13(12-4-2-3-5-14(12)20)11-8-18-15(19-9-11)17-7-6-16/h2-5,8-10H,7H2,1H3,(H,17,18,19). The molecule has 0 amide bonds. The molecule has 0 bridgehead atoms. The van der Waals surface area contributed by atoms with Crippen molar-refractivity contribution < 1.29 is 0 Å². The second-order valence-corrected chi connectivity index (χ2v) is 4.48. The largest absolute Gasteiger partial charge is 0.350 e. The van der Waals surface area contributed by atoms with E-state index in [1.165, 1.54) is 10.9 Å². The first kappa shape index (κ1) is 12.2. The van der Waals surface area contributed by atoms with E-state index < -0.39 is 0 Å². The van der Waals surface area contributed by atoms with Gasteiger partial charge in [0.15, 0.2) is 0 Å². The average Bonchev–Trinajstić information content (AvgIpc) is 2.83. The molecule has 3 rings (SSSR count). The summed E-state index contributed by atoms with van der Waals surface area (Å²) in [5, 5.41) is 12.5. The van der Waals surface area contributed by atoms with Crippen LogP contribution in [0, 0.1) is 11.3 Å². The smallest absolute Gasteiger partial charge is 0.223 e. The topological polar surface area (TPSA) is 66.5 Å². The lowest BCUT2D eigenvalue weighted by atomic mass is 10.1. The summed E-state index contributed by atoms with van der Waals surface area (Å²) in [5.74, 6) is 0.468. The zero-order chi connectivity index (χ0) is 13.9. The molecule has 0 aliphatic rings. The minimum atomic E-state index is 0.202. The van der Waals surface area contributed by atoms with Crippen LogP contribution in [0.3, 0.4) is 0 Å². The highest BCUT2D eigenvalue weighted by molar-refractivity contribution is 5.95. The van der Waals surface area contributed by atoms with Crippen LogP contribution in [0.15, 0.2) is 42.9 Å². The summed E-state index contributed by atoms with van der Waals surface area (Å²) in [6.07, 6.45) is 5.62. The van der Waals surface area contributed by atoms with E-state index in [4.69, 9.17) is 5.26 Å². The summed E-state index contributed by atoms with van der Waals surface area (Å²) < 4.78 is 2.09. The molecule has 20 heavy (non-hydrogen) atoms. The second kappa shape index (κ2) is 5.02. The summed E-state index contributed by atoms with van der Waals surface area (Å²) >= 11 is 0. The normalized spacial score (nSPS) is 10.4. The van der Waals surface area contributed by atoms with Crippen molar-refractivity contribution >= 4 is 16.9 Å². The minimum absolute atomic E-state index is 0.202. The number of nitrogens with zero attached hydrogens (tertiary/aromatic N) is 4. The molecule has 5 heteroatoms. The Balaban J connectivity index is 2.01. The first-order chi connectivity index (χ1) is 9.79. The number of aromatic nitrogens is 3. The molecular weight excluding hydrogens is 250 g/mol. The summed E-state index contributed by atoms with van der Waals surface area (Å²) in [4.78, 5) is 8.45. The molecule has 1 aromatic carbocycles. The van der Waals surface area contributed by atoms with Gasteiger partial charge in [0, 0.05) is 47.7 Å². The Hall–Kier alpha value is -2.87. The van der Waals surface area contributed by atoms with Gasteiger partial charge < -0.3 is 9.88 Å². The van der Waals surface area contributed by atoms with Crippen molar-refractivity contribution in [3.63, 3.8) is 0 Å². The number of nitrogens with one attached hydrogen (secondary N) is 1. The molecule has 98 valence electrons. The number of hydrogen-bond donors (Lipinski definition) is 1. The van der Waals surface area contributed by atoms with Crippen molar-refractivity contribution in [1.29, 1.82) is 5.26 Å². The minimum Gasteiger partial charge on any atom is -0.350 e. The van der Waals surface area contributed by atoms with Crippen molar-refractivity contribution in [3.8, 4) is 17.2 Å². The van der Waals surface area contributed by atoms with E-state index >= 15 is 0 Å². The summed E-state index contributed by atoms with van der Waals surface area (Å²) in [7, 11) is 2.02. The number of benzene rings is 1. The monoisotopic (exact) mass is 263 g/mol. The summed E-state index contributed by atoms with van der Waals surface area (Å²) in [6, 6.07) is 10.2. The third-order valence-electron chi connectivity index (χ3n) is 3.19. The highest BCUT2D eigenvalue weighted by Gasteiger charge is 2.08. The molecule has 0 spiro atoms. The van der Waals surface area contributed by atoms with E-state index in [0.717, 1.165) is 11.1 Å². The maximum absolute atomic E-state index is 8.51. The summed E-state index contributed by atoms with van der Waals surface area (Å²) in [6.45, 7) is 0.202. The molecule has 2 aromatic heterocycles. The van der Waals surface area contributed by atoms with Gasteiger partial charge >= 0.3 is 0 Å². The highest BCUT2D eigenvalue weighted by atomic mass is 15.1. The molecule has 0 saturated heterocycles. The van der Waals surface area contributed by atoms with Crippen LogP contribution in [0.4, 0.5) is 5.95 Å². The first-order valence-corrected chi connectivity index (χ1v) is 6.27. The molecule has 0 atom stereocenters. The zero-order valence-corrected chi connectivity index (χ0v) is 11.0. The molecule has 1 N–H and O–H groups in total. The fourth-order valence-corrected chi connectivity index (χ4v) is 2.25. The average molecular weight is 263 g/mol. The zero-order valence-electron chi connectivity index (χ0n) is 11.0. The lowest BCUT2D eigenvalue weighted by molar-refractivity contribution is 0.970. The molecular formula is C15H13N5. The van der Waals surface area contributed by atoms with Gasteiger partial charge in [0.1, 0.15) is 6.54 Å². The van der Waals surface area contributed by atoms with Gasteiger partial charge in [-0.15, -0.1) is 0 Å².